The Morgan fingerprint density at radius 2 is 2.00 bits per heavy atom. The van der Waals surface area contributed by atoms with E-state index in [-0.39, 0.29) is 6.10 Å². The molecule has 0 aliphatic heterocycles. The lowest BCUT2D eigenvalue weighted by molar-refractivity contribution is -0.0171. The summed E-state index contributed by atoms with van der Waals surface area (Å²) in [4.78, 5) is 2.19. The maximum absolute atomic E-state index is 9.75. The molecule has 1 unspecified atom stereocenters. The lowest BCUT2D eigenvalue weighted by Gasteiger charge is -2.20. The van der Waals surface area contributed by atoms with Crippen LogP contribution in [0.5, 0.6) is 0 Å². The molecule has 1 aliphatic carbocycles. The fourth-order valence-electron chi connectivity index (χ4n) is 1.79. The topological polar surface area (TPSA) is 41.9 Å². The number of aliphatic hydroxyl groups is 1. The molecular weight excluding hydrogens is 218 g/mol. The largest absolute Gasteiger partial charge is 0.389 e. The van der Waals surface area contributed by atoms with E-state index in [2.05, 4.69) is 11.9 Å². The molecule has 1 aliphatic rings. The maximum Gasteiger partial charge on any atom is 0.0900 e. The SMILES string of the molecule is CC(C)OCCOCC(O)CN(C)CC1CC1. The van der Waals surface area contributed by atoms with Gasteiger partial charge in [-0.1, -0.05) is 0 Å². The second kappa shape index (κ2) is 8.03. The molecule has 1 fully saturated rings. The van der Waals surface area contributed by atoms with Crippen molar-refractivity contribution >= 4 is 0 Å². The van der Waals surface area contributed by atoms with Gasteiger partial charge < -0.3 is 19.5 Å². The monoisotopic (exact) mass is 245 g/mol. The molecule has 1 rings (SSSR count). The zero-order valence-corrected chi connectivity index (χ0v) is 11.4. The average Bonchev–Trinajstić information content (AvgIpc) is 3.00. The van der Waals surface area contributed by atoms with Gasteiger partial charge in [-0.25, -0.2) is 0 Å². The van der Waals surface area contributed by atoms with E-state index < -0.39 is 6.10 Å². The smallest absolute Gasteiger partial charge is 0.0900 e. The highest BCUT2D eigenvalue weighted by molar-refractivity contribution is 4.76. The van der Waals surface area contributed by atoms with Crippen LogP contribution in [0.4, 0.5) is 0 Å². The Morgan fingerprint density at radius 3 is 2.59 bits per heavy atom. The number of ether oxygens (including phenoxy) is 2. The molecule has 4 nitrogen and oxygen atoms in total. The first-order valence-electron chi connectivity index (χ1n) is 6.64. The van der Waals surface area contributed by atoms with Gasteiger partial charge in [0, 0.05) is 13.1 Å². The van der Waals surface area contributed by atoms with Gasteiger partial charge in [0.05, 0.1) is 32.0 Å². The predicted octanol–water partition coefficient (Wildman–Crippen LogP) is 1.13. The second-order valence-corrected chi connectivity index (χ2v) is 5.31. The van der Waals surface area contributed by atoms with Gasteiger partial charge >= 0.3 is 0 Å². The fourth-order valence-corrected chi connectivity index (χ4v) is 1.79. The number of rotatable bonds is 10. The van der Waals surface area contributed by atoms with Crippen molar-refractivity contribution in [2.75, 3.05) is 40.0 Å². The van der Waals surface area contributed by atoms with Crippen LogP contribution in [0.2, 0.25) is 0 Å². The van der Waals surface area contributed by atoms with Crippen molar-refractivity contribution in [1.82, 2.24) is 4.90 Å². The van der Waals surface area contributed by atoms with Gasteiger partial charge in [-0.2, -0.15) is 0 Å². The Labute approximate surface area is 105 Å². The van der Waals surface area contributed by atoms with Gasteiger partial charge in [0.15, 0.2) is 0 Å². The van der Waals surface area contributed by atoms with Gasteiger partial charge in [0.25, 0.3) is 0 Å². The van der Waals surface area contributed by atoms with Gasteiger partial charge in [-0.3, -0.25) is 0 Å². The molecule has 0 radical (unpaired) electrons. The summed E-state index contributed by atoms with van der Waals surface area (Å²) in [6, 6.07) is 0. The van der Waals surface area contributed by atoms with Crippen LogP contribution in [0, 0.1) is 5.92 Å². The highest BCUT2D eigenvalue weighted by Gasteiger charge is 2.23. The summed E-state index contributed by atoms with van der Waals surface area (Å²) in [7, 11) is 2.06. The van der Waals surface area contributed by atoms with Crippen molar-refractivity contribution in [3.8, 4) is 0 Å². The summed E-state index contributed by atoms with van der Waals surface area (Å²) < 4.78 is 10.7. The van der Waals surface area contributed by atoms with Gasteiger partial charge in [-0.15, -0.1) is 0 Å². The molecule has 4 heteroatoms. The minimum Gasteiger partial charge on any atom is -0.389 e. The number of aliphatic hydroxyl groups excluding tert-OH is 1. The zero-order chi connectivity index (χ0) is 12.7. The molecule has 0 spiro atoms. The van der Waals surface area contributed by atoms with E-state index in [4.69, 9.17) is 9.47 Å². The molecular formula is C13H27NO3. The summed E-state index contributed by atoms with van der Waals surface area (Å²) in [6.45, 7) is 7.36. The van der Waals surface area contributed by atoms with Crippen LogP contribution in [0.3, 0.4) is 0 Å². The molecule has 0 aromatic rings. The lowest BCUT2D eigenvalue weighted by atomic mass is 10.3. The van der Waals surface area contributed by atoms with Crippen LogP contribution in [-0.2, 0) is 9.47 Å². The van der Waals surface area contributed by atoms with E-state index in [9.17, 15) is 5.11 Å². The molecule has 0 aromatic carbocycles. The van der Waals surface area contributed by atoms with Crippen LogP contribution < -0.4 is 0 Å². The summed E-state index contributed by atoms with van der Waals surface area (Å²) in [6.07, 6.45) is 2.55. The van der Waals surface area contributed by atoms with E-state index in [1.807, 2.05) is 13.8 Å². The standard InChI is InChI=1S/C13H27NO3/c1-11(2)17-7-6-16-10-13(15)9-14(3)8-12-4-5-12/h11-13,15H,4-10H2,1-3H3. The van der Waals surface area contributed by atoms with Gasteiger partial charge in [0.1, 0.15) is 0 Å². The molecule has 1 atom stereocenters. The summed E-state index contributed by atoms with van der Waals surface area (Å²) in [5.74, 6) is 0.868. The van der Waals surface area contributed by atoms with Crippen LogP contribution >= 0.6 is 0 Å². The zero-order valence-electron chi connectivity index (χ0n) is 11.4. The van der Waals surface area contributed by atoms with Crippen LogP contribution in [0.1, 0.15) is 26.7 Å². The fraction of sp³-hybridized carbons (Fsp3) is 1.00. The first-order valence-corrected chi connectivity index (χ1v) is 6.64. The van der Waals surface area contributed by atoms with E-state index in [1.165, 1.54) is 12.8 Å². The summed E-state index contributed by atoms with van der Waals surface area (Å²) in [5, 5.41) is 9.75. The molecule has 1 N–H and O–H groups in total. The van der Waals surface area contributed by atoms with E-state index in [1.54, 1.807) is 0 Å². The highest BCUT2D eigenvalue weighted by atomic mass is 16.5. The van der Waals surface area contributed by atoms with Crippen molar-refractivity contribution < 1.29 is 14.6 Å². The maximum atomic E-state index is 9.75. The molecule has 0 heterocycles. The second-order valence-electron chi connectivity index (χ2n) is 5.31. The van der Waals surface area contributed by atoms with Crippen molar-refractivity contribution in [2.24, 2.45) is 5.92 Å². The van der Waals surface area contributed by atoms with Crippen molar-refractivity contribution in [3.05, 3.63) is 0 Å². The Kier molecular flexibility index (Phi) is 7.04. The Bertz CT molecular complexity index is 195. The quantitative estimate of drug-likeness (QED) is 0.586. The normalized spacial score (nSPS) is 18.0. The van der Waals surface area contributed by atoms with E-state index in [0.29, 0.717) is 26.4 Å². The third-order valence-corrected chi connectivity index (χ3v) is 2.78. The Hall–Kier alpha value is -0.160. The van der Waals surface area contributed by atoms with Crippen molar-refractivity contribution in [1.29, 1.82) is 0 Å². The highest BCUT2D eigenvalue weighted by Crippen LogP contribution is 2.29. The number of likely N-dealkylation sites (N-methyl/N-ethyl adjacent to an activating group) is 1. The van der Waals surface area contributed by atoms with Crippen LogP contribution in [-0.4, -0.2) is 62.2 Å². The Balaban J connectivity index is 1.90. The minimum atomic E-state index is -0.391. The molecule has 0 aromatic heterocycles. The molecule has 102 valence electrons. The van der Waals surface area contributed by atoms with Crippen LogP contribution in [0.15, 0.2) is 0 Å². The summed E-state index contributed by atoms with van der Waals surface area (Å²) >= 11 is 0. The average molecular weight is 245 g/mol. The first-order chi connectivity index (χ1) is 8.08. The van der Waals surface area contributed by atoms with Gasteiger partial charge in [-0.05, 0) is 39.7 Å². The number of hydrogen-bond acceptors (Lipinski definition) is 4. The van der Waals surface area contributed by atoms with Crippen molar-refractivity contribution in [2.45, 2.75) is 38.9 Å². The van der Waals surface area contributed by atoms with E-state index >= 15 is 0 Å². The number of nitrogens with zero attached hydrogens (tertiary/aromatic N) is 1. The molecule has 17 heavy (non-hydrogen) atoms. The van der Waals surface area contributed by atoms with E-state index in [0.717, 1.165) is 12.5 Å². The number of hydrogen-bond donors (Lipinski definition) is 1. The van der Waals surface area contributed by atoms with Gasteiger partial charge in [0.2, 0.25) is 0 Å². The van der Waals surface area contributed by atoms with Crippen LogP contribution in [0.25, 0.3) is 0 Å². The Morgan fingerprint density at radius 1 is 1.29 bits per heavy atom. The molecule has 0 saturated heterocycles. The lowest BCUT2D eigenvalue weighted by Crippen LogP contribution is -2.33. The summed E-state index contributed by atoms with van der Waals surface area (Å²) in [5.41, 5.74) is 0. The first kappa shape index (κ1) is 14.9. The molecule has 0 amide bonds. The molecule has 0 bridgehead atoms. The third kappa shape index (κ3) is 8.55. The van der Waals surface area contributed by atoms with Crippen molar-refractivity contribution in [3.63, 3.8) is 0 Å². The third-order valence-electron chi connectivity index (χ3n) is 2.78. The minimum absolute atomic E-state index is 0.244. The predicted molar refractivity (Wildman–Crippen MR) is 68.1 cm³/mol. The molecule has 1 saturated carbocycles.